The van der Waals surface area contributed by atoms with Gasteiger partial charge in [0.15, 0.2) is 22.8 Å². The predicted molar refractivity (Wildman–Crippen MR) is 118 cm³/mol. The normalized spacial score (nSPS) is 15.3. The summed E-state index contributed by atoms with van der Waals surface area (Å²) in [6.45, 7) is 6.19. The Bertz CT molecular complexity index is 1230. The number of imidazole rings is 1. The van der Waals surface area contributed by atoms with Crippen LogP contribution in [-0.4, -0.2) is 67.6 Å². The molecule has 9 heteroatoms. The largest absolute Gasteiger partial charge is 0.395 e. The molecule has 1 aliphatic heterocycles. The van der Waals surface area contributed by atoms with Gasteiger partial charge in [-0.25, -0.2) is 15.0 Å². The summed E-state index contributed by atoms with van der Waals surface area (Å²) in [5.41, 5.74) is 1.95. The quantitative estimate of drug-likeness (QED) is 0.451. The van der Waals surface area contributed by atoms with Crippen molar-refractivity contribution in [3.63, 3.8) is 0 Å². The number of benzene rings is 1. The number of ether oxygens (including phenoxy) is 1. The highest BCUT2D eigenvalue weighted by Gasteiger charge is 2.29. The second kappa shape index (κ2) is 7.60. The van der Waals surface area contributed by atoms with Gasteiger partial charge in [-0.2, -0.15) is 0 Å². The number of nitrogens with one attached hydrogen (secondary N) is 1. The van der Waals surface area contributed by atoms with Gasteiger partial charge in [-0.05, 0) is 26.0 Å². The number of fused-ring (bicyclic) bond motifs is 2. The minimum Gasteiger partial charge on any atom is -0.395 e. The van der Waals surface area contributed by atoms with E-state index in [0.29, 0.717) is 49.1 Å². The standard InChI is InChI=1S/C22H26N6O3/c1-22(2,30)21-24-17-19(27-9-12-31-13-10-27)25-18(26-20(17)28(21)8-11-29)15-4-3-5-16-14(15)6-7-23-16/h3-7,23,29-30H,8-13H2,1-2H3. The Morgan fingerprint density at radius 1 is 1.13 bits per heavy atom. The van der Waals surface area contributed by atoms with Crippen molar-refractivity contribution < 1.29 is 14.9 Å². The third-order valence-electron chi connectivity index (χ3n) is 5.59. The zero-order valence-corrected chi connectivity index (χ0v) is 17.7. The van der Waals surface area contributed by atoms with Gasteiger partial charge < -0.3 is 29.4 Å². The van der Waals surface area contributed by atoms with Gasteiger partial charge in [-0.15, -0.1) is 0 Å². The molecular weight excluding hydrogens is 396 g/mol. The second-order valence-corrected chi connectivity index (χ2v) is 8.26. The predicted octanol–water partition coefficient (Wildman–Crippen LogP) is 2.03. The Morgan fingerprint density at radius 3 is 2.68 bits per heavy atom. The van der Waals surface area contributed by atoms with Gasteiger partial charge in [0.05, 0.1) is 19.8 Å². The molecule has 1 fully saturated rings. The maximum atomic E-state index is 10.7. The first-order chi connectivity index (χ1) is 15.0. The van der Waals surface area contributed by atoms with E-state index in [4.69, 9.17) is 19.7 Å². The summed E-state index contributed by atoms with van der Waals surface area (Å²) < 4.78 is 7.32. The first-order valence-corrected chi connectivity index (χ1v) is 10.5. The number of hydrogen-bond donors (Lipinski definition) is 3. The number of aliphatic hydroxyl groups excluding tert-OH is 1. The average molecular weight is 422 g/mol. The molecule has 5 rings (SSSR count). The van der Waals surface area contributed by atoms with Gasteiger partial charge >= 0.3 is 0 Å². The van der Waals surface area contributed by atoms with Crippen molar-refractivity contribution in [2.45, 2.75) is 26.0 Å². The molecule has 1 saturated heterocycles. The Kier molecular flexibility index (Phi) is 4.88. The molecule has 0 amide bonds. The molecule has 0 atom stereocenters. The molecule has 4 aromatic rings. The number of H-pyrrole nitrogens is 1. The van der Waals surface area contributed by atoms with Crippen LogP contribution in [0.25, 0.3) is 33.5 Å². The van der Waals surface area contributed by atoms with Crippen molar-refractivity contribution in [1.29, 1.82) is 0 Å². The van der Waals surface area contributed by atoms with Crippen molar-refractivity contribution in [3.05, 3.63) is 36.3 Å². The molecule has 31 heavy (non-hydrogen) atoms. The van der Waals surface area contributed by atoms with Gasteiger partial charge in [-0.3, -0.25) is 0 Å². The topological polar surface area (TPSA) is 112 Å². The molecule has 162 valence electrons. The fourth-order valence-corrected chi connectivity index (χ4v) is 4.16. The lowest BCUT2D eigenvalue weighted by molar-refractivity contribution is 0.0642. The van der Waals surface area contributed by atoms with E-state index >= 15 is 0 Å². The molecule has 0 aliphatic carbocycles. The van der Waals surface area contributed by atoms with Gasteiger partial charge in [0.25, 0.3) is 0 Å². The van der Waals surface area contributed by atoms with Crippen molar-refractivity contribution in [2.24, 2.45) is 0 Å². The molecule has 3 N–H and O–H groups in total. The molecule has 0 bridgehead atoms. The third kappa shape index (κ3) is 3.44. The highest BCUT2D eigenvalue weighted by Crippen LogP contribution is 2.33. The fraction of sp³-hybridized carbons (Fsp3) is 0.409. The van der Waals surface area contributed by atoms with Crippen molar-refractivity contribution in [1.82, 2.24) is 24.5 Å². The number of hydrogen-bond acceptors (Lipinski definition) is 7. The fourth-order valence-electron chi connectivity index (χ4n) is 4.16. The summed E-state index contributed by atoms with van der Waals surface area (Å²) in [6, 6.07) is 8.01. The Labute approximate surface area is 179 Å². The number of aromatic nitrogens is 5. The Balaban J connectivity index is 1.81. The van der Waals surface area contributed by atoms with Crippen LogP contribution in [-0.2, 0) is 16.9 Å². The molecule has 3 aromatic heterocycles. The summed E-state index contributed by atoms with van der Waals surface area (Å²) in [6.07, 6.45) is 1.90. The van der Waals surface area contributed by atoms with Crippen molar-refractivity contribution >= 4 is 27.9 Å². The highest BCUT2D eigenvalue weighted by molar-refractivity contribution is 5.95. The number of nitrogens with zero attached hydrogens (tertiary/aromatic N) is 5. The molecule has 9 nitrogen and oxygen atoms in total. The zero-order chi connectivity index (χ0) is 21.6. The lowest BCUT2D eigenvalue weighted by Crippen LogP contribution is -2.37. The van der Waals surface area contributed by atoms with Crippen molar-refractivity contribution in [3.8, 4) is 11.4 Å². The molecule has 0 radical (unpaired) electrons. The minimum absolute atomic E-state index is 0.0891. The zero-order valence-electron chi connectivity index (χ0n) is 17.7. The van der Waals surface area contributed by atoms with Crippen molar-refractivity contribution in [2.75, 3.05) is 37.8 Å². The van der Waals surface area contributed by atoms with Gasteiger partial charge in [-0.1, -0.05) is 12.1 Å². The van der Waals surface area contributed by atoms with Crippen LogP contribution in [0.5, 0.6) is 0 Å². The summed E-state index contributed by atoms with van der Waals surface area (Å²) >= 11 is 0. The van der Waals surface area contributed by atoms with Crippen LogP contribution < -0.4 is 4.90 Å². The lowest BCUT2D eigenvalue weighted by atomic mass is 10.1. The van der Waals surface area contributed by atoms with Crippen LogP contribution >= 0.6 is 0 Å². The van der Waals surface area contributed by atoms with Crippen LogP contribution in [0.15, 0.2) is 30.5 Å². The molecule has 4 heterocycles. The Morgan fingerprint density at radius 2 is 1.94 bits per heavy atom. The smallest absolute Gasteiger partial charge is 0.166 e. The average Bonchev–Trinajstić information content (AvgIpc) is 3.39. The molecule has 1 aliphatic rings. The Hall–Kier alpha value is -3.01. The van der Waals surface area contributed by atoms with E-state index < -0.39 is 5.60 Å². The monoisotopic (exact) mass is 422 g/mol. The summed E-state index contributed by atoms with van der Waals surface area (Å²) in [5, 5.41) is 21.5. The van der Waals surface area contributed by atoms with Crippen LogP contribution in [0.2, 0.25) is 0 Å². The molecule has 1 aromatic carbocycles. The van der Waals surface area contributed by atoms with E-state index in [0.717, 1.165) is 22.3 Å². The SMILES string of the molecule is CC(C)(O)c1nc2c(N3CCOCC3)nc(-c3cccc4[nH]ccc34)nc2n1CCO. The molecule has 0 saturated carbocycles. The number of aromatic amines is 1. The molecular formula is C22H26N6O3. The summed E-state index contributed by atoms with van der Waals surface area (Å²) in [7, 11) is 0. The van der Waals surface area contributed by atoms with E-state index in [1.54, 1.807) is 18.4 Å². The van der Waals surface area contributed by atoms with Gasteiger partial charge in [0, 0.05) is 42.3 Å². The molecule has 0 spiro atoms. The number of rotatable bonds is 5. The lowest BCUT2D eigenvalue weighted by Gasteiger charge is -2.28. The highest BCUT2D eigenvalue weighted by atomic mass is 16.5. The second-order valence-electron chi connectivity index (χ2n) is 8.26. The van der Waals surface area contributed by atoms with Crippen LogP contribution in [0.3, 0.4) is 0 Å². The van der Waals surface area contributed by atoms with Crippen LogP contribution in [0.4, 0.5) is 5.82 Å². The first-order valence-electron chi connectivity index (χ1n) is 10.5. The van der Waals surface area contributed by atoms with E-state index in [1.807, 2.05) is 30.5 Å². The maximum Gasteiger partial charge on any atom is 0.166 e. The van der Waals surface area contributed by atoms with E-state index in [1.165, 1.54) is 0 Å². The van der Waals surface area contributed by atoms with E-state index in [-0.39, 0.29) is 13.2 Å². The number of aliphatic hydroxyl groups is 2. The summed E-state index contributed by atoms with van der Waals surface area (Å²) in [4.78, 5) is 20.0. The third-order valence-corrected chi connectivity index (χ3v) is 5.59. The first kappa shape index (κ1) is 19.9. The maximum absolute atomic E-state index is 10.7. The van der Waals surface area contributed by atoms with Gasteiger partial charge in [0.2, 0.25) is 0 Å². The van der Waals surface area contributed by atoms with E-state index in [9.17, 15) is 10.2 Å². The molecule has 0 unspecified atom stereocenters. The number of anilines is 1. The van der Waals surface area contributed by atoms with Crippen LogP contribution in [0, 0.1) is 0 Å². The summed E-state index contributed by atoms with van der Waals surface area (Å²) in [5.74, 6) is 1.76. The minimum atomic E-state index is -1.20. The number of morpholine rings is 1. The van der Waals surface area contributed by atoms with Gasteiger partial charge in [0.1, 0.15) is 11.4 Å². The van der Waals surface area contributed by atoms with E-state index in [2.05, 4.69) is 9.88 Å². The van der Waals surface area contributed by atoms with Crippen LogP contribution in [0.1, 0.15) is 19.7 Å².